The smallest absolute Gasteiger partial charge is 0.291 e. The average Bonchev–Trinajstić information content (AvgIpc) is 3.13. The molecule has 1 aliphatic heterocycles. The Kier molecular flexibility index (Phi) is 2.89. The van der Waals surface area contributed by atoms with Crippen molar-refractivity contribution in [2.75, 3.05) is 12.1 Å². The van der Waals surface area contributed by atoms with Crippen molar-refractivity contribution in [1.82, 2.24) is 0 Å². The van der Waals surface area contributed by atoms with Crippen LogP contribution in [0.2, 0.25) is 0 Å². The second-order valence-corrected chi connectivity index (χ2v) is 5.25. The van der Waals surface area contributed by atoms with E-state index in [0.29, 0.717) is 41.4 Å². The van der Waals surface area contributed by atoms with Crippen LogP contribution in [0.4, 0.5) is 5.69 Å². The highest BCUT2D eigenvalue weighted by Gasteiger charge is 2.24. The van der Waals surface area contributed by atoms with E-state index in [2.05, 4.69) is 5.32 Å². The largest absolute Gasteiger partial charge is 0.455 e. The summed E-state index contributed by atoms with van der Waals surface area (Å²) >= 11 is 0. The summed E-state index contributed by atoms with van der Waals surface area (Å²) in [7, 11) is 0. The van der Waals surface area contributed by atoms with Crippen LogP contribution in [0, 0.1) is 0 Å². The first-order chi connectivity index (χ1) is 10.7. The minimum atomic E-state index is -0.388. The lowest BCUT2D eigenvalue weighted by atomic mass is 9.97. The first-order valence-corrected chi connectivity index (χ1v) is 7.07. The molecule has 22 heavy (non-hydrogen) atoms. The van der Waals surface area contributed by atoms with E-state index in [1.165, 1.54) is 6.07 Å². The summed E-state index contributed by atoms with van der Waals surface area (Å²) in [6.45, 7) is 0.180. The highest BCUT2D eigenvalue weighted by atomic mass is 16.7. The highest BCUT2D eigenvalue weighted by molar-refractivity contribution is 6.05. The van der Waals surface area contributed by atoms with Crippen molar-refractivity contribution in [2.45, 2.75) is 19.3 Å². The second-order valence-electron chi connectivity index (χ2n) is 5.25. The van der Waals surface area contributed by atoms with Gasteiger partial charge in [-0.15, -0.1) is 0 Å². The number of hydrogen-bond donors (Lipinski definition) is 1. The maximum Gasteiger partial charge on any atom is 0.291 e. The third kappa shape index (κ3) is 2.13. The molecule has 4 rings (SSSR count). The van der Waals surface area contributed by atoms with Crippen LogP contribution in [-0.4, -0.2) is 18.5 Å². The predicted octanol–water partition coefficient (Wildman–Crippen LogP) is 2.78. The second kappa shape index (κ2) is 4.91. The zero-order valence-electron chi connectivity index (χ0n) is 11.7. The summed E-state index contributed by atoms with van der Waals surface area (Å²) < 4.78 is 16.0. The van der Waals surface area contributed by atoms with Gasteiger partial charge in [0.25, 0.3) is 5.91 Å². The van der Waals surface area contributed by atoms with Crippen LogP contribution < -0.4 is 14.8 Å². The molecule has 0 saturated heterocycles. The third-order valence-electron chi connectivity index (χ3n) is 3.77. The number of Topliss-reactive ketones (excluding diaryl/α,β-unsaturated/α-hetero) is 1. The van der Waals surface area contributed by atoms with E-state index < -0.39 is 0 Å². The van der Waals surface area contributed by atoms with E-state index in [0.717, 1.165) is 6.42 Å². The van der Waals surface area contributed by atoms with Gasteiger partial charge in [0, 0.05) is 30.7 Å². The lowest BCUT2D eigenvalue weighted by Crippen LogP contribution is -2.10. The van der Waals surface area contributed by atoms with Gasteiger partial charge in [-0.25, -0.2) is 0 Å². The summed E-state index contributed by atoms with van der Waals surface area (Å²) in [6.07, 6.45) is 1.97. The normalized spacial score (nSPS) is 15.5. The Labute approximate surface area is 126 Å². The number of nitrogens with one attached hydrogen (secondary N) is 1. The van der Waals surface area contributed by atoms with E-state index in [-0.39, 0.29) is 24.2 Å². The Morgan fingerprint density at radius 2 is 1.95 bits per heavy atom. The number of carbonyl (C=O) groups is 2. The fourth-order valence-corrected chi connectivity index (χ4v) is 2.67. The molecular formula is C16H13NO5. The van der Waals surface area contributed by atoms with Gasteiger partial charge in [-0.2, -0.15) is 0 Å². The van der Waals surface area contributed by atoms with Crippen molar-refractivity contribution in [2.24, 2.45) is 0 Å². The number of amides is 1. The molecule has 2 heterocycles. The molecule has 2 aromatic rings. The van der Waals surface area contributed by atoms with Crippen molar-refractivity contribution < 1.29 is 23.5 Å². The van der Waals surface area contributed by atoms with Gasteiger partial charge in [-0.1, -0.05) is 0 Å². The first-order valence-electron chi connectivity index (χ1n) is 7.07. The van der Waals surface area contributed by atoms with Crippen LogP contribution in [0.5, 0.6) is 11.5 Å². The number of ether oxygens (including phenoxy) is 2. The quantitative estimate of drug-likeness (QED) is 0.922. The van der Waals surface area contributed by atoms with Gasteiger partial charge < -0.3 is 19.2 Å². The summed E-state index contributed by atoms with van der Waals surface area (Å²) in [5.41, 5.74) is 1.11. The molecule has 0 atom stereocenters. The van der Waals surface area contributed by atoms with Crippen molar-refractivity contribution in [1.29, 1.82) is 0 Å². The molecule has 1 amide bonds. The number of carbonyl (C=O) groups excluding carboxylic acids is 2. The fourth-order valence-electron chi connectivity index (χ4n) is 2.67. The van der Waals surface area contributed by atoms with Crippen LogP contribution in [0.15, 0.2) is 28.7 Å². The Bertz CT molecular complexity index is 777. The Morgan fingerprint density at radius 1 is 1.09 bits per heavy atom. The monoisotopic (exact) mass is 299 g/mol. The Hall–Kier alpha value is -2.76. The number of furan rings is 1. The van der Waals surface area contributed by atoms with Crippen LogP contribution in [0.1, 0.15) is 39.5 Å². The Morgan fingerprint density at radius 3 is 2.82 bits per heavy atom. The van der Waals surface area contributed by atoms with Crippen molar-refractivity contribution >= 4 is 17.4 Å². The zero-order chi connectivity index (χ0) is 15.1. The molecular weight excluding hydrogens is 286 g/mol. The average molecular weight is 299 g/mol. The predicted molar refractivity (Wildman–Crippen MR) is 76.5 cm³/mol. The lowest BCUT2D eigenvalue weighted by Gasteiger charge is -2.06. The maximum atomic E-state index is 12.3. The van der Waals surface area contributed by atoms with Gasteiger partial charge in [0.15, 0.2) is 23.0 Å². The summed E-state index contributed by atoms with van der Waals surface area (Å²) in [5.74, 6) is 1.64. The molecule has 0 unspecified atom stereocenters. The van der Waals surface area contributed by atoms with Crippen molar-refractivity contribution in [3.8, 4) is 11.5 Å². The van der Waals surface area contributed by atoms with Gasteiger partial charge >= 0.3 is 0 Å². The van der Waals surface area contributed by atoms with Crippen molar-refractivity contribution in [3.63, 3.8) is 0 Å². The molecule has 0 saturated carbocycles. The SMILES string of the molecule is O=C(Nc1ccc2c(c1)OCO2)c1cc2c(o1)CCCC2=O. The molecule has 112 valence electrons. The third-order valence-corrected chi connectivity index (χ3v) is 3.77. The van der Waals surface area contributed by atoms with Crippen LogP contribution >= 0.6 is 0 Å². The number of hydrogen-bond acceptors (Lipinski definition) is 5. The molecule has 1 aromatic carbocycles. The number of benzene rings is 1. The first kappa shape index (κ1) is 12.9. The van der Waals surface area contributed by atoms with E-state index >= 15 is 0 Å². The molecule has 2 aliphatic rings. The molecule has 1 aliphatic carbocycles. The number of fused-ring (bicyclic) bond motifs is 2. The number of anilines is 1. The topological polar surface area (TPSA) is 77.8 Å². The summed E-state index contributed by atoms with van der Waals surface area (Å²) in [6, 6.07) is 6.67. The van der Waals surface area contributed by atoms with Gasteiger partial charge in [0.1, 0.15) is 5.76 Å². The van der Waals surface area contributed by atoms with Gasteiger partial charge in [0.05, 0.1) is 5.56 Å². The van der Waals surface area contributed by atoms with E-state index in [4.69, 9.17) is 13.9 Å². The summed E-state index contributed by atoms with van der Waals surface area (Å²) in [4.78, 5) is 24.0. The molecule has 0 spiro atoms. The molecule has 6 heteroatoms. The fraction of sp³-hybridized carbons (Fsp3) is 0.250. The van der Waals surface area contributed by atoms with E-state index in [1.807, 2.05) is 0 Å². The number of rotatable bonds is 2. The standard InChI is InChI=1S/C16H13NO5/c18-11-2-1-3-12-10(11)7-15(22-12)16(19)17-9-4-5-13-14(6-9)21-8-20-13/h4-7H,1-3,8H2,(H,17,19). The molecule has 0 radical (unpaired) electrons. The van der Waals surface area contributed by atoms with Gasteiger partial charge in [0.2, 0.25) is 6.79 Å². The van der Waals surface area contributed by atoms with Crippen molar-refractivity contribution in [3.05, 3.63) is 41.3 Å². The minimum Gasteiger partial charge on any atom is -0.455 e. The minimum absolute atomic E-state index is 0.0344. The number of ketones is 1. The van der Waals surface area contributed by atoms with Gasteiger partial charge in [-0.05, 0) is 18.6 Å². The molecule has 1 N–H and O–H groups in total. The van der Waals surface area contributed by atoms with E-state index in [9.17, 15) is 9.59 Å². The van der Waals surface area contributed by atoms with Gasteiger partial charge in [-0.3, -0.25) is 9.59 Å². The molecule has 0 fully saturated rings. The van der Waals surface area contributed by atoms with Crippen LogP contribution in [0.25, 0.3) is 0 Å². The zero-order valence-corrected chi connectivity index (χ0v) is 11.7. The van der Waals surface area contributed by atoms with E-state index in [1.54, 1.807) is 18.2 Å². The highest BCUT2D eigenvalue weighted by Crippen LogP contribution is 2.34. The molecule has 6 nitrogen and oxygen atoms in total. The van der Waals surface area contributed by atoms with Crippen LogP contribution in [0.3, 0.4) is 0 Å². The Balaban J connectivity index is 1.56. The molecule has 0 bridgehead atoms. The number of aryl methyl sites for hydroxylation is 1. The van der Waals surface area contributed by atoms with Crippen LogP contribution in [-0.2, 0) is 6.42 Å². The molecule has 1 aromatic heterocycles. The summed E-state index contributed by atoms with van der Waals surface area (Å²) in [5, 5.41) is 2.73. The maximum absolute atomic E-state index is 12.3. The lowest BCUT2D eigenvalue weighted by molar-refractivity contribution is 0.0963.